The van der Waals surface area contributed by atoms with Crippen LogP contribution in [0.5, 0.6) is 0 Å². The highest BCUT2D eigenvalue weighted by Crippen LogP contribution is 2.41. The molecule has 0 aromatic heterocycles. The van der Waals surface area contributed by atoms with Crippen LogP contribution in [0.1, 0.15) is 35.6 Å². The van der Waals surface area contributed by atoms with E-state index in [0.29, 0.717) is 5.57 Å². The third kappa shape index (κ3) is 3.69. The van der Waals surface area contributed by atoms with Gasteiger partial charge >= 0.3 is 0 Å². The Morgan fingerprint density at radius 3 is 2.39 bits per heavy atom. The van der Waals surface area contributed by atoms with Crippen molar-refractivity contribution in [3.8, 4) is 11.1 Å². The van der Waals surface area contributed by atoms with Crippen LogP contribution >= 0.6 is 0 Å². The van der Waals surface area contributed by atoms with Gasteiger partial charge in [-0.2, -0.15) is 0 Å². The maximum absolute atomic E-state index is 9.58. The molecule has 0 bridgehead atoms. The summed E-state index contributed by atoms with van der Waals surface area (Å²) in [6.07, 6.45) is 12.6. The molecule has 0 spiro atoms. The average molecular weight is 407 g/mol. The van der Waals surface area contributed by atoms with Crippen molar-refractivity contribution in [3.63, 3.8) is 0 Å². The van der Waals surface area contributed by atoms with Gasteiger partial charge in [0, 0.05) is 12.4 Å². The SMILES string of the molecule is C/C=C(\C=N)c1c2c(c(/C(C=N)=C/CO)c3ccc(-c4ccccc4)cc13)C=CCC2. The number of rotatable bonds is 6. The lowest BCUT2D eigenvalue weighted by atomic mass is 9.79. The van der Waals surface area contributed by atoms with Crippen LogP contribution in [0.15, 0.2) is 66.8 Å². The summed E-state index contributed by atoms with van der Waals surface area (Å²) in [5, 5.41) is 27.7. The molecule has 0 saturated carbocycles. The second-order valence-electron chi connectivity index (χ2n) is 7.58. The Kier molecular flexibility index (Phi) is 6.06. The van der Waals surface area contributed by atoms with Crippen molar-refractivity contribution in [1.82, 2.24) is 0 Å². The van der Waals surface area contributed by atoms with E-state index in [0.717, 1.165) is 57.0 Å². The summed E-state index contributed by atoms with van der Waals surface area (Å²) < 4.78 is 0. The Labute approximate surface area is 183 Å². The van der Waals surface area contributed by atoms with E-state index in [1.165, 1.54) is 18.0 Å². The maximum atomic E-state index is 9.58. The fraction of sp³-hybridized carbons (Fsp3) is 0.143. The van der Waals surface area contributed by atoms with Crippen LogP contribution in [0.2, 0.25) is 0 Å². The number of nitrogens with one attached hydrogen (secondary N) is 2. The normalized spacial score (nSPS) is 13.9. The number of aliphatic hydroxyl groups excluding tert-OH is 1. The summed E-state index contributed by atoms with van der Waals surface area (Å²) >= 11 is 0. The van der Waals surface area contributed by atoms with Gasteiger partial charge in [0.15, 0.2) is 0 Å². The van der Waals surface area contributed by atoms with E-state index >= 15 is 0 Å². The molecule has 0 amide bonds. The third-order valence-electron chi connectivity index (χ3n) is 5.92. The molecule has 0 saturated heterocycles. The number of benzene rings is 3. The van der Waals surface area contributed by atoms with Crippen molar-refractivity contribution in [1.29, 1.82) is 10.8 Å². The minimum Gasteiger partial charge on any atom is -0.392 e. The van der Waals surface area contributed by atoms with Crippen LogP contribution in [0, 0.1) is 10.8 Å². The Morgan fingerprint density at radius 1 is 0.935 bits per heavy atom. The molecule has 3 N–H and O–H groups in total. The molecule has 3 heteroatoms. The summed E-state index contributed by atoms with van der Waals surface area (Å²) in [5.74, 6) is 0. The predicted molar refractivity (Wildman–Crippen MR) is 133 cm³/mol. The highest BCUT2D eigenvalue weighted by atomic mass is 16.2. The van der Waals surface area contributed by atoms with Gasteiger partial charge in [-0.05, 0) is 87.2 Å². The molecule has 3 aromatic carbocycles. The van der Waals surface area contributed by atoms with Crippen molar-refractivity contribution < 1.29 is 5.11 Å². The standard InChI is InChI=1S/C28H26N2O/c1-2-19(17-29)27-23-10-6-7-11-24(23)28(22(18-30)14-15-31)25-13-12-21(16-26(25)27)20-8-4-3-5-9-20/h2-5,7-9,11-14,16-18,29-31H,6,10,15H2,1H3/b19-2+,22-14+,29-17?,30-18?. The molecular formula is C28H26N2O. The van der Waals surface area contributed by atoms with Gasteiger partial charge in [0.1, 0.15) is 0 Å². The molecule has 4 rings (SSSR count). The molecule has 0 aliphatic heterocycles. The molecule has 0 atom stereocenters. The number of allylic oxidation sites excluding steroid dienone is 4. The second-order valence-corrected chi connectivity index (χ2v) is 7.58. The van der Waals surface area contributed by atoms with Crippen LogP contribution in [-0.4, -0.2) is 24.1 Å². The first-order valence-electron chi connectivity index (χ1n) is 10.6. The van der Waals surface area contributed by atoms with Crippen LogP contribution in [0.3, 0.4) is 0 Å². The molecule has 1 aliphatic rings. The van der Waals surface area contributed by atoms with Crippen molar-refractivity contribution in [2.24, 2.45) is 0 Å². The first kappa shape index (κ1) is 20.7. The van der Waals surface area contributed by atoms with Gasteiger partial charge in [-0.3, -0.25) is 0 Å². The average Bonchev–Trinajstić information content (AvgIpc) is 2.83. The van der Waals surface area contributed by atoms with Crippen molar-refractivity contribution in [2.75, 3.05) is 6.61 Å². The maximum Gasteiger partial charge on any atom is 0.0621 e. The van der Waals surface area contributed by atoms with Gasteiger partial charge in [0.2, 0.25) is 0 Å². The minimum atomic E-state index is -0.116. The molecule has 154 valence electrons. The van der Waals surface area contributed by atoms with Gasteiger partial charge in [0.05, 0.1) is 6.61 Å². The largest absolute Gasteiger partial charge is 0.392 e. The molecule has 1 aliphatic carbocycles. The fourth-order valence-electron chi connectivity index (χ4n) is 4.52. The van der Waals surface area contributed by atoms with Gasteiger partial charge < -0.3 is 15.9 Å². The Bertz CT molecular complexity index is 1250. The van der Waals surface area contributed by atoms with E-state index in [-0.39, 0.29) is 6.61 Å². The van der Waals surface area contributed by atoms with Gasteiger partial charge in [-0.1, -0.05) is 60.7 Å². The molecule has 3 nitrogen and oxygen atoms in total. The summed E-state index contributed by atoms with van der Waals surface area (Å²) in [4.78, 5) is 0. The summed E-state index contributed by atoms with van der Waals surface area (Å²) in [6, 6.07) is 16.7. The highest BCUT2D eigenvalue weighted by molar-refractivity contribution is 6.21. The van der Waals surface area contributed by atoms with Crippen molar-refractivity contribution >= 4 is 40.4 Å². The fourth-order valence-corrected chi connectivity index (χ4v) is 4.52. The smallest absolute Gasteiger partial charge is 0.0621 e. The number of hydrogen-bond acceptors (Lipinski definition) is 3. The van der Waals surface area contributed by atoms with Crippen LogP contribution in [-0.2, 0) is 6.42 Å². The third-order valence-corrected chi connectivity index (χ3v) is 5.92. The highest BCUT2D eigenvalue weighted by Gasteiger charge is 2.22. The van der Waals surface area contributed by atoms with Gasteiger partial charge in [0.25, 0.3) is 0 Å². The number of fused-ring (bicyclic) bond motifs is 2. The molecule has 0 unspecified atom stereocenters. The number of aliphatic hydroxyl groups is 1. The molecule has 31 heavy (non-hydrogen) atoms. The number of hydrogen-bond donors (Lipinski definition) is 3. The lowest BCUT2D eigenvalue weighted by Gasteiger charge is -2.24. The van der Waals surface area contributed by atoms with Gasteiger partial charge in [-0.25, -0.2) is 0 Å². The zero-order chi connectivity index (χ0) is 21.8. The zero-order valence-corrected chi connectivity index (χ0v) is 17.7. The summed E-state index contributed by atoms with van der Waals surface area (Å²) in [6.45, 7) is 1.86. The van der Waals surface area contributed by atoms with E-state index in [1.54, 1.807) is 6.08 Å². The van der Waals surface area contributed by atoms with Crippen LogP contribution in [0.4, 0.5) is 0 Å². The molecule has 0 fully saturated rings. The lowest BCUT2D eigenvalue weighted by molar-refractivity contribution is 0.343. The Hall–Kier alpha value is -3.56. The summed E-state index contributed by atoms with van der Waals surface area (Å²) in [7, 11) is 0. The first-order valence-corrected chi connectivity index (χ1v) is 10.6. The van der Waals surface area contributed by atoms with Gasteiger partial charge in [-0.15, -0.1) is 0 Å². The van der Waals surface area contributed by atoms with Crippen LogP contribution in [0.25, 0.3) is 39.1 Å². The Balaban J connectivity index is 2.18. The predicted octanol–water partition coefficient (Wildman–Crippen LogP) is 6.54. The topological polar surface area (TPSA) is 67.9 Å². The van der Waals surface area contributed by atoms with E-state index in [4.69, 9.17) is 10.8 Å². The molecule has 3 aromatic rings. The van der Waals surface area contributed by atoms with E-state index < -0.39 is 0 Å². The quantitative estimate of drug-likeness (QED) is 0.400. The first-order chi connectivity index (χ1) is 15.2. The molecule has 0 radical (unpaired) electrons. The minimum absolute atomic E-state index is 0.116. The lowest BCUT2D eigenvalue weighted by Crippen LogP contribution is -2.07. The van der Waals surface area contributed by atoms with Crippen molar-refractivity contribution in [3.05, 3.63) is 89.0 Å². The monoisotopic (exact) mass is 406 g/mol. The molecule has 0 heterocycles. The van der Waals surface area contributed by atoms with Crippen molar-refractivity contribution in [2.45, 2.75) is 19.8 Å². The summed E-state index contributed by atoms with van der Waals surface area (Å²) in [5.41, 5.74) is 8.25. The van der Waals surface area contributed by atoms with Crippen LogP contribution < -0.4 is 0 Å². The second kappa shape index (κ2) is 9.07. The van der Waals surface area contributed by atoms with E-state index in [9.17, 15) is 5.11 Å². The Morgan fingerprint density at radius 2 is 1.71 bits per heavy atom. The molecular weight excluding hydrogens is 380 g/mol. The van der Waals surface area contributed by atoms with E-state index in [2.05, 4.69) is 42.5 Å². The van der Waals surface area contributed by atoms with E-state index in [1.807, 2.05) is 31.2 Å². The zero-order valence-electron chi connectivity index (χ0n) is 17.7.